The summed E-state index contributed by atoms with van der Waals surface area (Å²) in [7, 11) is 0. The molecule has 0 fully saturated rings. The van der Waals surface area contributed by atoms with E-state index in [1.807, 2.05) is 0 Å². The number of phenolic OH excluding ortho intramolecular Hbond substituents is 1. The second-order valence-corrected chi connectivity index (χ2v) is 3.28. The molecule has 1 aromatic rings. The molecule has 0 heterocycles. The summed E-state index contributed by atoms with van der Waals surface area (Å²) in [5.41, 5.74) is -1.98. The van der Waals surface area contributed by atoms with Crippen LogP contribution in [-0.4, -0.2) is 10.9 Å². The predicted molar refractivity (Wildman–Crippen MR) is 48.1 cm³/mol. The van der Waals surface area contributed by atoms with E-state index in [2.05, 4.69) is 0 Å². The first-order valence-corrected chi connectivity index (χ1v) is 4.22. The number of halogens is 4. The number of aromatic hydroxyl groups is 1. The lowest BCUT2D eigenvalue weighted by atomic mass is 10.0. The maximum atomic E-state index is 12.4. The van der Waals surface area contributed by atoms with Gasteiger partial charge < -0.3 is 5.11 Å². The second kappa shape index (κ2) is 3.73. The molecule has 0 saturated carbocycles. The third-order valence-electron chi connectivity index (χ3n) is 1.79. The molecule has 0 amide bonds. The first-order valence-electron chi connectivity index (χ1n) is 3.84. The molecule has 1 N–H and O–H groups in total. The van der Waals surface area contributed by atoms with Gasteiger partial charge in [-0.05, 0) is 19.1 Å². The fourth-order valence-electron chi connectivity index (χ4n) is 1.16. The van der Waals surface area contributed by atoms with Gasteiger partial charge in [0.2, 0.25) is 0 Å². The van der Waals surface area contributed by atoms with Crippen molar-refractivity contribution < 1.29 is 23.1 Å². The zero-order valence-corrected chi connectivity index (χ0v) is 8.28. The maximum absolute atomic E-state index is 12.4. The minimum absolute atomic E-state index is 0.284. The molecule has 0 aliphatic heterocycles. The first-order chi connectivity index (χ1) is 6.75. The van der Waals surface area contributed by atoms with E-state index < -0.39 is 28.8 Å². The van der Waals surface area contributed by atoms with Crippen LogP contribution in [0.3, 0.4) is 0 Å². The van der Waals surface area contributed by atoms with Crippen LogP contribution >= 0.6 is 11.6 Å². The number of hydrogen-bond donors (Lipinski definition) is 1. The summed E-state index contributed by atoms with van der Waals surface area (Å²) in [4.78, 5) is 11.0. The Kier molecular flexibility index (Phi) is 2.95. The number of phenols is 1. The van der Waals surface area contributed by atoms with Gasteiger partial charge in [0.15, 0.2) is 5.78 Å². The van der Waals surface area contributed by atoms with Gasteiger partial charge in [-0.25, -0.2) is 0 Å². The Morgan fingerprint density at radius 2 is 1.93 bits per heavy atom. The molecule has 15 heavy (non-hydrogen) atoms. The third-order valence-corrected chi connectivity index (χ3v) is 2.09. The Hall–Kier alpha value is -1.23. The average Bonchev–Trinajstić information content (AvgIpc) is 2.06. The third kappa shape index (κ3) is 2.23. The van der Waals surface area contributed by atoms with E-state index in [0.717, 1.165) is 13.0 Å². The Balaban J connectivity index is 3.55. The average molecular weight is 239 g/mol. The van der Waals surface area contributed by atoms with Crippen LogP contribution in [-0.2, 0) is 6.18 Å². The number of benzene rings is 1. The van der Waals surface area contributed by atoms with Crippen LogP contribution in [0.4, 0.5) is 13.2 Å². The SMILES string of the molecule is CC(=O)c1c(C(F)(F)F)ccc(Cl)c1O. The van der Waals surface area contributed by atoms with Gasteiger partial charge in [-0.3, -0.25) is 4.79 Å². The van der Waals surface area contributed by atoms with E-state index in [9.17, 15) is 23.1 Å². The summed E-state index contributed by atoms with van der Waals surface area (Å²) in [5, 5.41) is 8.98. The minimum atomic E-state index is -4.69. The molecule has 0 unspecified atom stereocenters. The largest absolute Gasteiger partial charge is 0.506 e. The summed E-state index contributed by atoms with van der Waals surface area (Å²) >= 11 is 5.41. The highest BCUT2D eigenvalue weighted by Gasteiger charge is 2.36. The lowest BCUT2D eigenvalue weighted by Crippen LogP contribution is -2.11. The zero-order chi connectivity index (χ0) is 11.8. The zero-order valence-electron chi connectivity index (χ0n) is 7.52. The molecule has 2 nitrogen and oxygen atoms in total. The van der Waals surface area contributed by atoms with Crippen molar-refractivity contribution in [1.82, 2.24) is 0 Å². The molecule has 0 spiro atoms. The van der Waals surface area contributed by atoms with Crippen LogP contribution in [0.2, 0.25) is 5.02 Å². The molecule has 1 aromatic carbocycles. The molecule has 1 rings (SSSR count). The summed E-state index contributed by atoms with van der Waals surface area (Å²) in [6.07, 6.45) is -4.69. The van der Waals surface area contributed by atoms with Gasteiger partial charge in [0.05, 0.1) is 16.1 Å². The van der Waals surface area contributed by atoms with Crippen LogP contribution in [0.25, 0.3) is 0 Å². The van der Waals surface area contributed by atoms with Gasteiger partial charge in [-0.2, -0.15) is 13.2 Å². The summed E-state index contributed by atoms with van der Waals surface area (Å²) in [5.74, 6) is -1.72. The summed E-state index contributed by atoms with van der Waals surface area (Å²) in [6.45, 7) is 0.931. The quantitative estimate of drug-likeness (QED) is 0.763. The van der Waals surface area contributed by atoms with E-state index in [0.29, 0.717) is 6.07 Å². The molecule has 82 valence electrons. The molecule has 6 heteroatoms. The van der Waals surface area contributed by atoms with Crippen molar-refractivity contribution >= 4 is 17.4 Å². The van der Waals surface area contributed by atoms with Gasteiger partial charge in [0.1, 0.15) is 5.75 Å². The number of ketones is 1. The van der Waals surface area contributed by atoms with Crippen molar-refractivity contribution in [3.8, 4) is 5.75 Å². The lowest BCUT2D eigenvalue weighted by Gasteiger charge is -2.12. The van der Waals surface area contributed by atoms with Crippen LogP contribution < -0.4 is 0 Å². The number of alkyl halides is 3. The first kappa shape index (κ1) is 11.8. The maximum Gasteiger partial charge on any atom is 0.417 e. The van der Waals surface area contributed by atoms with Gasteiger partial charge >= 0.3 is 6.18 Å². The van der Waals surface area contributed by atoms with E-state index >= 15 is 0 Å². The molecule has 0 saturated heterocycles. The van der Waals surface area contributed by atoms with Gasteiger partial charge in [0, 0.05) is 0 Å². The van der Waals surface area contributed by atoms with Crippen LogP contribution in [0.1, 0.15) is 22.8 Å². The minimum Gasteiger partial charge on any atom is -0.506 e. The van der Waals surface area contributed by atoms with Gasteiger partial charge in [-0.1, -0.05) is 11.6 Å². The Labute approximate surface area is 88.3 Å². The number of carbonyl (C=O) groups is 1. The van der Waals surface area contributed by atoms with Crippen molar-refractivity contribution in [2.75, 3.05) is 0 Å². The Bertz CT molecular complexity index is 413. The molecule has 0 radical (unpaired) electrons. The second-order valence-electron chi connectivity index (χ2n) is 2.87. The summed E-state index contributed by atoms with van der Waals surface area (Å²) < 4.78 is 37.2. The monoisotopic (exact) mass is 238 g/mol. The van der Waals surface area contributed by atoms with Crippen LogP contribution in [0.15, 0.2) is 12.1 Å². The molecule has 0 aliphatic carbocycles. The predicted octanol–water partition coefficient (Wildman–Crippen LogP) is 3.27. The highest BCUT2D eigenvalue weighted by atomic mass is 35.5. The van der Waals surface area contributed by atoms with Gasteiger partial charge in [0.25, 0.3) is 0 Å². The van der Waals surface area contributed by atoms with Gasteiger partial charge in [-0.15, -0.1) is 0 Å². The topological polar surface area (TPSA) is 37.3 Å². The van der Waals surface area contributed by atoms with E-state index in [4.69, 9.17) is 11.6 Å². The normalized spacial score (nSPS) is 11.5. The number of hydrogen-bond acceptors (Lipinski definition) is 2. The number of carbonyl (C=O) groups excluding carboxylic acids is 1. The number of rotatable bonds is 1. The van der Waals surface area contributed by atoms with Crippen molar-refractivity contribution in [3.05, 3.63) is 28.3 Å². The molecular weight excluding hydrogens is 233 g/mol. The van der Waals surface area contributed by atoms with E-state index in [-0.39, 0.29) is 5.02 Å². The Morgan fingerprint density at radius 3 is 2.33 bits per heavy atom. The fraction of sp³-hybridized carbons (Fsp3) is 0.222. The number of Topliss-reactive ketones (excluding diaryl/α,β-unsaturated/α-hetero) is 1. The van der Waals surface area contributed by atoms with E-state index in [1.165, 1.54) is 0 Å². The van der Waals surface area contributed by atoms with E-state index in [1.54, 1.807) is 0 Å². The van der Waals surface area contributed by atoms with Crippen molar-refractivity contribution in [3.63, 3.8) is 0 Å². The molecule has 0 bridgehead atoms. The lowest BCUT2D eigenvalue weighted by molar-refractivity contribution is -0.138. The summed E-state index contributed by atoms with van der Waals surface area (Å²) in [6, 6.07) is 1.56. The smallest absolute Gasteiger partial charge is 0.417 e. The van der Waals surface area contributed by atoms with Crippen molar-refractivity contribution in [2.24, 2.45) is 0 Å². The standard InChI is InChI=1S/C9H6ClF3O2/c1-4(14)7-5(9(11,12)13)2-3-6(10)8(7)15/h2-3,15H,1H3. The highest BCUT2D eigenvalue weighted by Crippen LogP contribution is 2.39. The molecule has 0 aliphatic rings. The molecule has 0 atom stereocenters. The highest BCUT2D eigenvalue weighted by molar-refractivity contribution is 6.32. The molecule has 0 aromatic heterocycles. The molecular formula is C9H6ClF3O2. The Morgan fingerprint density at radius 1 is 1.40 bits per heavy atom. The van der Waals surface area contributed by atoms with Crippen LogP contribution in [0, 0.1) is 0 Å². The fourth-order valence-corrected chi connectivity index (χ4v) is 1.32. The van der Waals surface area contributed by atoms with Crippen molar-refractivity contribution in [2.45, 2.75) is 13.1 Å². The van der Waals surface area contributed by atoms with Crippen molar-refractivity contribution in [1.29, 1.82) is 0 Å². The van der Waals surface area contributed by atoms with Crippen LogP contribution in [0.5, 0.6) is 5.75 Å².